The lowest BCUT2D eigenvalue weighted by atomic mass is 10.1. The molecule has 23 heavy (non-hydrogen) atoms. The van der Waals surface area contributed by atoms with E-state index in [0.717, 1.165) is 0 Å². The first-order chi connectivity index (χ1) is 10.3. The highest BCUT2D eigenvalue weighted by molar-refractivity contribution is 5.83. The SMILES string of the molecule is CC(=O)O[C@@H]1C[C@@H](C(=O)OC(C)(C)C)N(C(=O)OC(C)(C)C)C1. The van der Waals surface area contributed by atoms with Crippen molar-refractivity contribution in [1.82, 2.24) is 4.90 Å². The summed E-state index contributed by atoms with van der Waals surface area (Å²) in [6.45, 7) is 11.9. The van der Waals surface area contributed by atoms with E-state index in [-0.39, 0.29) is 13.0 Å². The Bertz CT molecular complexity index is 438. The number of hydrogen-bond donors (Lipinski definition) is 0. The minimum absolute atomic E-state index is 0.110. The van der Waals surface area contributed by atoms with Gasteiger partial charge < -0.3 is 14.2 Å². The van der Waals surface area contributed by atoms with Crippen LogP contribution in [0.15, 0.2) is 0 Å². The van der Waals surface area contributed by atoms with Crippen LogP contribution in [0.2, 0.25) is 0 Å². The summed E-state index contributed by atoms with van der Waals surface area (Å²) in [7, 11) is 0. The predicted molar refractivity (Wildman–Crippen MR) is 82.7 cm³/mol. The molecule has 132 valence electrons. The van der Waals surface area contributed by atoms with Gasteiger partial charge in [0.05, 0.1) is 6.54 Å². The van der Waals surface area contributed by atoms with E-state index >= 15 is 0 Å². The van der Waals surface area contributed by atoms with E-state index in [1.54, 1.807) is 41.5 Å². The molecule has 0 aromatic rings. The van der Waals surface area contributed by atoms with Gasteiger partial charge in [0.25, 0.3) is 0 Å². The minimum atomic E-state index is -0.826. The summed E-state index contributed by atoms with van der Waals surface area (Å²) in [5.74, 6) is -0.984. The molecule has 0 spiro atoms. The number of likely N-dealkylation sites (tertiary alicyclic amines) is 1. The van der Waals surface area contributed by atoms with Crippen molar-refractivity contribution in [3.05, 3.63) is 0 Å². The third kappa shape index (κ3) is 6.46. The van der Waals surface area contributed by atoms with Crippen LogP contribution in [0.3, 0.4) is 0 Å². The van der Waals surface area contributed by atoms with Crippen LogP contribution in [-0.2, 0) is 23.8 Å². The monoisotopic (exact) mass is 329 g/mol. The summed E-state index contributed by atoms with van der Waals surface area (Å²) < 4.78 is 15.8. The first-order valence-electron chi connectivity index (χ1n) is 7.68. The Balaban J connectivity index is 2.90. The van der Waals surface area contributed by atoms with Crippen molar-refractivity contribution in [2.75, 3.05) is 6.54 Å². The molecule has 7 nitrogen and oxygen atoms in total. The molecule has 1 amide bonds. The van der Waals surface area contributed by atoms with Crippen LogP contribution in [0.4, 0.5) is 4.79 Å². The Morgan fingerprint density at radius 1 is 0.957 bits per heavy atom. The number of rotatable bonds is 2. The van der Waals surface area contributed by atoms with Gasteiger partial charge in [-0.1, -0.05) is 0 Å². The van der Waals surface area contributed by atoms with E-state index in [1.165, 1.54) is 11.8 Å². The van der Waals surface area contributed by atoms with Crippen molar-refractivity contribution in [1.29, 1.82) is 0 Å². The summed E-state index contributed by atoms with van der Waals surface area (Å²) >= 11 is 0. The number of ether oxygens (including phenoxy) is 3. The van der Waals surface area contributed by atoms with Gasteiger partial charge in [0.2, 0.25) is 0 Å². The molecular weight excluding hydrogens is 302 g/mol. The van der Waals surface area contributed by atoms with Crippen molar-refractivity contribution >= 4 is 18.0 Å². The molecule has 1 rings (SSSR count). The quantitative estimate of drug-likeness (QED) is 0.571. The van der Waals surface area contributed by atoms with E-state index in [1.807, 2.05) is 0 Å². The van der Waals surface area contributed by atoms with Gasteiger partial charge in [0, 0.05) is 13.3 Å². The topological polar surface area (TPSA) is 82.1 Å². The second-order valence-corrected chi connectivity index (χ2v) is 7.65. The highest BCUT2D eigenvalue weighted by Gasteiger charge is 2.44. The molecule has 1 heterocycles. The summed E-state index contributed by atoms with van der Waals surface area (Å²) in [4.78, 5) is 37.1. The average Bonchev–Trinajstić information content (AvgIpc) is 2.67. The average molecular weight is 329 g/mol. The summed E-state index contributed by atoms with van der Waals surface area (Å²) in [5.41, 5.74) is -1.36. The van der Waals surface area contributed by atoms with Crippen molar-refractivity contribution < 1.29 is 28.6 Å². The normalized spacial score (nSPS) is 21.8. The lowest BCUT2D eigenvalue weighted by Gasteiger charge is -2.29. The van der Waals surface area contributed by atoms with Gasteiger partial charge in [0.15, 0.2) is 0 Å². The van der Waals surface area contributed by atoms with Gasteiger partial charge in [-0.25, -0.2) is 9.59 Å². The van der Waals surface area contributed by atoms with E-state index in [2.05, 4.69) is 0 Å². The first kappa shape index (κ1) is 19.3. The second-order valence-electron chi connectivity index (χ2n) is 7.65. The molecule has 7 heteroatoms. The third-order valence-corrected chi connectivity index (χ3v) is 2.90. The highest BCUT2D eigenvalue weighted by Crippen LogP contribution is 2.25. The lowest BCUT2D eigenvalue weighted by Crippen LogP contribution is -2.45. The van der Waals surface area contributed by atoms with Gasteiger partial charge in [-0.15, -0.1) is 0 Å². The molecule has 1 aliphatic rings. The standard InChI is InChI=1S/C16H27NO6/c1-10(18)21-11-8-12(13(19)22-15(2,3)4)17(9-11)14(20)23-16(5,6)7/h11-12H,8-9H2,1-7H3/t11-,12+/m1/s1. The maximum Gasteiger partial charge on any atom is 0.411 e. The molecule has 1 fully saturated rings. The molecule has 0 N–H and O–H groups in total. The van der Waals surface area contributed by atoms with Crippen LogP contribution >= 0.6 is 0 Å². The maximum atomic E-state index is 12.4. The number of nitrogens with zero attached hydrogens (tertiary/aromatic N) is 1. The van der Waals surface area contributed by atoms with Crippen molar-refractivity contribution in [3.63, 3.8) is 0 Å². The largest absolute Gasteiger partial charge is 0.461 e. The lowest BCUT2D eigenvalue weighted by molar-refractivity contribution is -0.160. The van der Waals surface area contributed by atoms with Crippen LogP contribution in [0, 0.1) is 0 Å². The summed E-state index contributed by atoms with van der Waals surface area (Å²) in [5, 5.41) is 0. The number of carbonyl (C=O) groups excluding carboxylic acids is 3. The van der Waals surface area contributed by atoms with Gasteiger partial charge in [-0.2, -0.15) is 0 Å². The van der Waals surface area contributed by atoms with E-state index in [9.17, 15) is 14.4 Å². The van der Waals surface area contributed by atoms with Crippen LogP contribution in [0.5, 0.6) is 0 Å². The van der Waals surface area contributed by atoms with Crippen LogP contribution < -0.4 is 0 Å². The highest BCUT2D eigenvalue weighted by atomic mass is 16.6. The van der Waals surface area contributed by atoms with Gasteiger partial charge in [-0.3, -0.25) is 9.69 Å². The van der Waals surface area contributed by atoms with Crippen LogP contribution in [0.1, 0.15) is 54.9 Å². The summed E-state index contributed by atoms with van der Waals surface area (Å²) in [6.07, 6.45) is -0.964. The number of esters is 2. The Hall–Kier alpha value is -1.79. The molecule has 0 aromatic carbocycles. The number of hydrogen-bond acceptors (Lipinski definition) is 6. The third-order valence-electron chi connectivity index (χ3n) is 2.90. The Morgan fingerprint density at radius 2 is 1.48 bits per heavy atom. The molecule has 0 aromatic heterocycles. The number of amides is 1. The van der Waals surface area contributed by atoms with Crippen molar-refractivity contribution in [3.8, 4) is 0 Å². The van der Waals surface area contributed by atoms with Crippen LogP contribution in [0.25, 0.3) is 0 Å². The Morgan fingerprint density at radius 3 is 1.91 bits per heavy atom. The fourth-order valence-corrected chi connectivity index (χ4v) is 2.23. The Kier molecular flexibility index (Phi) is 5.66. The van der Waals surface area contributed by atoms with E-state index in [4.69, 9.17) is 14.2 Å². The van der Waals surface area contributed by atoms with Gasteiger partial charge in [0.1, 0.15) is 23.3 Å². The zero-order chi connectivity index (χ0) is 18.0. The smallest absolute Gasteiger partial charge is 0.411 e. The molecule has 0 radical (unpaired) electrons. The first-order valence-corrected chi connectivity index (χ1v) is 7.68. The minimum Gasteiger partial charge on any atom is -0.461 e. The van der Waals surface area contributed by atoms with Crippen LogP contribution in [-0.4, -0.2) is 52.8 Å². The van der Waals surface area contributed by atoms with Gasteiger partial charge >= 0.3 is 18.0 Å². The zero-order valence-electron chi connectivity index (χ0n) is 15.0. The molecule has 1 saturated heterocycles. The van der Waals surface area contributed by atoms with Crippen molar-refractivity contribution in [2.24, 2.45) is 0 Å². The fourth-order valence-electron chi connectivity index (χ4n) is 2.23. The Labute approximate surface area is 137 Å². The maximum absolute atomic E-state index is 12.4. The molecule has 2 atom stereocenters. The molecule has 0 aliphatic carbocycles. The second kappa shape index (κ2) is 6.76. The molecular formula is C16H27NO6. The van der Waals surface area contributed by atoms with E-state index < -0.39 is 41.4 Å². The predicted octanol–water partition coefficient (Wildman–Crippen LogP) is 2.27. The number of carbonyl (C=O) groups is 3. The molecule has 1 aliphatic heterocycles. The molecule has 0 bridgehead atoms. The summed E-state index contributed by atoms with van der Waals surface area (Å²) in [6, 6.07) is -0.826. The van der Waals surface area contributed by atoms with Crippen molar-refractivity contribution in [2.45, 2.75) is 78.2 Å². The fraction of sp³-hybridized carbons (Fsp3) is 0.812. The molecule has 0 unspecified atom stereocenters. The van der Waals surface area contributed by atoms with E-state index in [0.29, 0.717) is 0 Å². The van der Waals surface area contributed by atoms with Gasteiger partial charge in [-0.05, 0) is 41.5 Å². The zero-order valence-corrected chi connectivity index (χ0v) is 15.0. The molecule has 0 saturated carbocycles.